The van der Waals surface area contributed by atoms with E-state index in [1.807, 2.05) is 65.6 Å². The third kappa shape index (κ3) is 5.61. The van der Waals surface area contributed by atoms with E-state index in [1.54, 1.807) is 36.3 Å². The molecule has 2 amide bonds. The van der Waals surface area contributed by atoms with Gasteiger partial charge in [0.05, 0.1) is 20.1 Å². The highest BCUT2D eigenvalue weighted by molar-refractivity contribution is 7.80. The van der Waals surface area contributed by atoms with Gasteiger partial charge in [0.15, 0.2) is 5.11 Å². The van der Waals surface area contributed by atoms with Crippen LogP contribution < -0.4 is 10.1 Å². The van der Waals surface area contributed by atoms with E-state index in [0.29, 0.717) is 29.6 Å². The molecule has 3 aromatic carbocycles. The quantitative estimate of drug-likeness (QED) is 0.471. The molecule has 1 heterocycles. The molecule has 0 unspecified atom stereocenters. The second-order valence-electron chi connectivity index (χ2n) is 8.12. The molecule has 1 atom stereocenters. The van der Waals surface area contributed by atoms with Gasteiger partial charge in [-0.3, -0.25) is 14.5 Å². The molecule has 0 aromatic heterocycles. The first-order valence-electron chi connectivity index (χ1n) is 11.2. The van der Waals surface area contributed by atoms with E-state index in [-0.39, 0.29) is 18.2 Å². The fraction of sp³-hybridized carbons (Fsp3) is 0.222. The second kappa shape index (κ2) is 10.9. The molecule has 0 radical (unpaired) electrons. The van der Waals surface area contributed by atoms with Crippen molar-refractivity contribution in [2.24, 2.45) is 0 Å². The molecule has 3 aromatic rings. The van der Waals surface area contributed by atoms with Crippen molar-refractivity contribution in [2.45, 2.75) is 25.4 Å². The highest BCUT2D eigenvalue weighted by Crippen LogP contribution is 2.24. The molecule has 0 spiro atoms. The Morgan fingerprint density at radius 3 is 2.18 bits per heavy atom. The summed E-state index contributed by atoms with van der Waals surface area (Å²) in [6.07, 6.45) is 0.745. The number of carbonyl (C=O) groups excluding carboxylic acids is 2. The van der Waals surface area contributed by atoms with Gasteiger partial charge in [0.1, 0.15) is 11.8 Å². The first-order chi connectivity index (χ1) is 16.5. The fourth-order valence-electron chi connectivity index (χ4n) is 4.01. The van der Waals surface area contributed by atoms with Gasteiger partial charge in [-0.1, -0.05) is 60.7 Å². The number of ether oxygens (including phenoxy) is 1. The number of rotatable bonds is 9. The molecule has 1 aliphatic heterocycles. The Labute approximate surface area is 205 Å². The van der Waals surface area contributed by atoms with Gasteiger partial charge < -0.3 is 15.0 Å². The van der Waals surface area contributed by atoms with Crippen LogP contribution in [0.15, 0.2) is 84.9 Å². The van der Waals surface area contributed by atoms with Crippen LogP contribution in [0.3, 0.4) is 0 Å². The molecule has 7 heteroatoms. The van der Waals surface area contributed by atoms with Crippen LogP contribution in [0.2, 0.25) is 0 Å². The predicted molar refractivity (Wildman–Crippen MR) is 136 cm³/mol. The van der Waals surface area contributed by atoms with Crippen molar-refractivity contribution in [3.05, 3.63) is 96.1 Å². The summed E-state index contributed by atoms with van der Waals surface area (Å²) in [6, 6.07) is 26.2. The van der Waals surface area contributed by atoms with Crippen LogP contribution in [0.25, 0.3) is 0 Å². The van der Waals surface area contributed by atoms with Crippen LogP contribution in [0.4, 0.5) is 5.69 Å². The lowest BCUT2D eigenvalue weighted by Crippen LogP contribution is -2.39. The largest absolute Gasteiger partial charge is 0.497 e. The zero-order valence-corrected chi connectivity index (χ0v) is 19.8. The smallest absolute Gasteiger partial charge is 0.252 e. The number of hydrogen-bond acceptors (Lipinski definition) is 4. The number of hydrogen-bond donors (Lipinski definition) is 1. The van der Waals surface area contributed by atoms with Crippen molar-refractivity contribution in [1.82, 2.24) is 9.80 Å². The van der Waals surface area contributed by atoms with Gasteiger partial charge in [0.2, 0.25) is 5.91 Å². The van der Waals surface area contributed by atoms with Gasteiger partial charge in [-0.05, 0) is 54.0 Å². The molecule has 0 saturated carbocycles. The first kappa shape index (κ1) is 23.4. The summed E-state index contributed by atoms with van der Waals surface area (Å²) in [7, 11) is 1.59. The Hall–Kier alpha value is -3.71. The fourth-order valence-corrected chi connectivity index (χ4v) is 4.39. The number of anilines is 1. The van der Waals surface area contributed by atoms with Gasteiger partial charge in [-0.15, -0.1) is 0 Å². The molecule has 0 aliphatic carbocycles. The SMILES string of the molecule is COc1ccc(NC(=O)C[C@@H]2C(=O)N(Cc3ccccc3)C(=S)N2CCc2ccccc2)cc1. The van der Waals surface area contributed by atoms with Crippen molar-refractivity contribution in [2.75, 3.05) is 19.0 Å². The van der Waals surface area contributed by atoms with Crippen LogP contribution >= 0.6 is 12.2 Å². The molecule has 4 rings (SSSR count). The van der Waals surface area contributed by atoms with Crippen molar-refractivity contribution in [3.8, 4) is 5.75 Å². The molecule has 1 aliphatic rings. The van der Waals surface area contributed by atoms with E-state index < -0.39 is 6.04 Å². The lowest BCUT2D eigenvalue weighted by atomic mass is 10.1. The summed E-state index contributed by atoms with van der Waals surface area (Å²) in [6.45, 7) is 0.942. The second-order valence-corrected chi connectivity index (χ2v) is 8.48. The minimum absolute atomic E-state index is 0.0189. The summed E-state index contributed by atoms with van der Waals surface area (Å²) in [4.78, 5) is 29.8. The Morgan fingerprint density at radius 2 is 1.56 bits per heavy atom. The van der Waals surface area contributed by atoms with Crippen molar-refractivity contribution < 1.29 is 14.3 Å². The van der Waals surface area contributed by atoms with Crippen molar-refractivity contribution in [3.63, 3.8) is 0 Å². The van der Waals surface area contributed by atoms with E-state index in [9.17, 15) is 9.59 Å². The van der Waals surface area contributed by atoms with Gasteiger partial charge in [0, 0.05) is 12.2 Å². The van der Waals surface area contributed by atoms with Gasteiger partial charge in [-0.2, -0.15) is 0 Å². The molecule has 174 valence electrons. The highest BCUT2D eigenvalue weighted by atomic mass is 32.1. The summed E-state index contributed by atoms with van der Waals surface area (Å²) >= 11 is 5.73. The Kier molecular flexibility index (Phi) is 7.54. The van der Waals surface area contributed by atoms with E-state index in [4.69, 9.17) is 17.0 Å². The number of amides is 2. The number of nitrogens with one attached hydrogen (secondary N) is 1. The molecular formula is C27H27N3O3S. The minimum Gasteiger partial charge on any atom is -0.497 e. The molecule has 1 saturated heterocycles. The Balaban J connectivity index is 1.49. The van der Waals surface area contributed by atoms with E-state index in [2.05, 4.69) is 5.32 Å². The molecule has 34 heavy (non-hydrogen) atoms. The summed E-state index contributed by atoms with van der Waals surface area (Å²) in [5, 5.41) is 3.34. The maximum Gasteiger partial charge on any atom is 0.252 e. The van der Waals surface area contributed by atoms with Crippen LogP contribution in [-0.4, -0.2) is 46.4 Å². The molecule has 6 nitrogen and oxygen atoms in total. The van der Waals surface area contributed by atoms with Crippen molar-refractivity contribution in [1.29, 1.82) is 0 Å². The van der Waals surface area contributed by atoms with Crippen molar-refractivity contribution >= 4 is 34.8 Å². The highest BCUT2D eigenvalue weighted by Gasteiger charge is 2.43. The average molecular weight is 474 g/mol. The number of thiocarbonyl (C=S) groups is 1. The van der Waals surface area contributed by atoms with E-state index in [1.165, 1.54) is 0 Å². The molecule has 1 N–H and O–H groups in total. The van der Waals surface area contributed by atoms with E-state index >= 15 is 0 Å². The molecular weight excluding hydrogens is 446 g/mol. The maximum absolute atomic E-state index is 13.4. The maximum atomic E-state index is 13.4. The first-order valence-corrected chi connectivity index (χ1v) is 11.6. The van der Waals surface area contributed by atoms with Crippen LogP contribution in [-0.2, 0) is 22.6 Å². The van der Waals surface area contributed by atoms with Gasteiger partial charge in [0.25, 0.3) is 5.91 Å². The van der Waals surface area contributed by atoms with E-state index in [0.717, 1.165) is 17.5 Å². The standard InChI is InChI=1S/C27H27N3O3S/c1-33-23-14-12-22(13-15-23)28-25(31)18-24-26(32)30(19-21-10-6-3-7-11-21)27(34)29(24)17-16-20-8-4-2-5-9-20/h2-15,24H,16-19H2,1H3,(H,28,31)/t24-/m1/s1. The number of methoxy groups -OCH3 is 1. The number of carbonyl (C=O) groups is 2. The minimum atomic E-state index is -0.641. The summed E-state index contributed by atoms with van der Waals surface area (Å²) in [5.74, 6) is 0.322. The van der Waals surface area contributed by atoms with Gasteiger partial charge >= 0.3 is 0 Å². The third-order valence-electron chi connectivity index (χ3n) is 5.82. The summed E-state index contributed by atoms with van der Waals surface area (Å²) in [5.41, 5.74) is 2.79. The van der Waals surface area contributed by atoms with Crippen LogP contribution in [0.5, 0.6) is 5.75 Å². The van der Waals surface area contributed by atoms with Crippen LogP contribution in [0, 0.1) is 0 Å². The third-order valence-corrected chi connectivity index (χ3v) is 6.28. The molecule has 0 bridgehead atoms. The van der Waals surface area contributed by atoms with Crippen LogP contribution in [0.1, 0.15) is 17.5 Å². The molecule has 1 fully saturated rings. The number of benzene rings is 3. The van der Waals surface area contributed by atoms with Gasteiger partial charge in [-0.25, -0.2) is 0 Å². The summed E-state index contributed by atoms with van der Waals surface area (Å²) < 4.78 is 5.16. The normalized spacial score (nSPS) is 15.5. The predicted octanol–water partition coefficient (Wildman–Crippen LogP) is 4.26. The zero-order chi connectivity index (χ0) is 23.9. The Morgan fingerprint density at radius 1 is 0.941 bits per heavy atom. The number of nitrogens with zero attached hydrogens (tertiary/aromatic N) is 2. The topological polar surface area (TPSA) is 61.9 Å². The average Bonchev–Trinajstić information content (AvgIpc) is 3.08. The Bertz CT molecular complexity index is 1140. The lowest BCUT2D eigenvalue weighted by molar-refractivity contribution is -0.131. The monoisotopic (exact) mass is 473 g/mol. The lowest BCUT2D eigenvalue weighted by Gasteiger charge is -2.24. The zero-order valence-electron chi connectivity index (χ0n) is 19.0.